The van der Waals surface area contributed by atoms with Crippen LogP contribution in [0.15, 0.2) is 18.2 Å². The molecule has 0 atom stereocenters. The van der Waals surface area contributed by atoms with E-state index in [0.717, 1.165) is 12.0 Å². The molecule has 1 rings (SSSR count). The maximum atomic E-state index is 12.2. The summed E-state index contributed by atoms with van der Waals surface area (Å²) in [5.41, 5.74) is 1.60. The van der Waals surface area contributed by atoms with Gasteiger partial charge in [-0.1, -0.05) is 24.6 Å². The Hall–Kier alpha value is -0.730. The van der Waals surface area contributed by atoms with Crippen molar-refractivity contribution in [3.63, 3.8) is 0 Å². The van der Waals surface area contributed by atoms with Crippen LogP contribution in [0.1, 0.15) is 29.3 Å². The molecule has 1 amide bonds. The van der Waals surface area contributed by atoms with Crippen molar-refractivity contribution in [2.45, 2.75) is 20.3 Å². The number of nitrogens with zero attached hydrogens (tertiary/aromatic N) is 1. The molecular weight excluding hydrogens is 257 g/mol. The number of amides is 1. The molecule has 94 valence electrons. The van der Waals surface area contributed by atoms with E-state index in [4.69, 9.17) is 23.2 Å². The Morgan fingerprint density at radius 1 is 1.35 bits per heavy atom. The smallest absolute Gasteiger partial charge is 0.255 e. The molecule has 0 heterocycles. The molecule has 0 aliphatic rings. The third-order valence-corrected chi connectivity index (χ3v) is 2.97. The average molecular weight is 274 g/mol. The number of halogens is 2. The maximum Gasteiger partial charge on any atom is 0.255 e. The lowest BCUT2D eigenvalue weighted by Crippen LogP contribution is -2.33. The minimum Gasteiger partial charge on any atom is -0.337 e. The highest BCUT2D eigenvalue weighted by Crippen LogP contribution is 2.19. The fraction of sp³-hybridized carbons (Fsp3) is 0.462. The highest BCUT2D eigenvalue weighted by Gasteiger charge is 2.17. The Morgan fingerprint density at radius 2 is 2.06 bits per heavy atom. The van der Waals surface area contributed by atoms with E-state index in [1.54, 1.807) is 17.0 Å². The van der Waals surface area contributed by atoms with Crippen molar-refractivity contribution in [3.8, 4) is 0 Å². The van der Waals surface area contributed by atoms with Gasteiger partial charge in [-0.3, -0.25) is 4.79 Å². The van der Waals surface area contributed by atoms with E-state index in [2.05, 4.69) is 0 Å². The van der Waals surface area contributed by atoms with Gasteiger partial charge >= 0.3 is 0 Å². The van der Waals surface area contributed by atoms with Gasteiger partial charge in [0.15, 0.2) is 0 Å². The van der Waals surface area contributed by atoms with Gasteiger partial charge in [0.25, 0.3) is 5.91 Å². The van der Waals surface area contributed by atoms with Crippen LogP contribution in [0.3, 0.4) is 0 Å². The summed E-state index contributed by atoms with van der Waals surface area (Å²) in [5, 5.41) is 0.505. The first-order valence-corrected chi connectivity index (χ1v) is 6.62. The summed E-state index contributed by atoms with van der Waals surface area (Å²) in [6.45, 7) is 5.24. The number of aryl methyl sites for hydroxylation is 1. The number of carbonyl (C=O) groups is 1. The molecule has 0 bridgehead atoms. The second-order valence-corrected chi connectivity index (χ2v) is 4.75. The quantitative estimate of drug-likeness (QED) is 0.749. The molecule has 0 saturated carbocycles. The number of hydrogen-bond donors (Lipinski definition) is 0. The lowest BCUT2D eigenvalue weighted by atomic mass is 10.1. The van der Waals surface area contributed by atoms with Gasteiger partial charge < -0.3 is 4.90 Å². The molecule has 0 radical (unpaired) electrons. The van der Waals surface area contributed by atoms with Gasteiger partial charge in [-0.05, 0) is 31.0 Å². The van der Waals surface area contributed by atoms with Crippen molar-refractivity contribution in [1.29, 1.82) is 0 Å². The van der Waals surface area contributed by atoms with Crippen LogP contribution in [-0.2, 0) is 0 Å². The average Bonchev–Trinajstić information content (AvgIpc) is 2.28. The lowest BCUT2D eigenvalue weighted by molar-refractivity contribution is 0.0765. The van der Waals surface area contributed by atoms with Gasteiger partial charge in [0.2, 0.25) is 0 Å². The van der Waals surface area contributed by atoms with Crippen molar-refractivity contribution >= 4 is 29.1 Å². The molecule has 0 aliphatic carbocycles. The molecule has 1 aromatic carbocycles. The third-order valence-electron chi connectivity index (χ3n) is 2.49. The molecule has 0 aromatic heterocycles. The van der Waals surface area contributed by atoms with Gasteiger partial charge in [0.05, 0.1) is 10.6 Å². The number of rotatable bonds is 5. The minimum absolute atomic E-state index is 0.0440. The fourth-order valence-electron chi connectivity index (χ4n) is 1.65. The van der Waals surface area contributed by atoms with E-state index in [0.29, 0.717) is 29.6 Å². The summed E-state index contributed by atoms with van der Waals surface area (Å²) < 4.78 is 0. The van der Waals surface area contributed by atoms with E-state index in [1.165, 1.54) is 0 Å². The van der Waals surface area contributed by atoms with Crippen molar-refractivity contribution in [1.82, 2.24) is 4.90 Å². The molecule has 0 N–H and O–H groups in total. The highest BCUT2D eigenvalue weighted by atomic mass is 35.5. The normalized spacial score (nSPS) is 10.4. The Balaban J connectivity index is 2.92. The van der Waals surface area contributed by atoms with Crippen LogP contribution >= 0.6 is 23.2 Å². The van der Waals surface area contributed by atoms with E-state index >= 15 is 0 Å². The highest BCUT2D eigenvalue weighted by molar-refractivity contribution is 6.33. The van der Waals surface area contributed by atoms with Crippen molar-refractivity contribution in [3.05, 3.63) is 34.3 Å². The molecule has 0 spiro atoms. The van der Waals surface area contributed by atoms with Crippen LogP contribution < -0.4 is 0 Å². The largest absolute Gasteiger partial charge is 0.337 e. The number of carbonyl (C=O) groups excluding carboxylic acids is 1. The zero-order valence-corrected chi connectivity index (χ0v) is 11.7. The second kappa shape index (κ2) is 6.87. The first-order valence-electron chi connectivity index (χ1n) is 5.71. The van der Waals surface area contributed by atoms with Crippen LogP contribution in [0.5, 0.6) is 0 Å². The predicted molar refractivity (Wildman–Crippen MR) is 73.1 cm³/mol. The van der Waals surface area contributed by atoms with Gasteiger partial charge in [-0.2, -0.15) is 0 Å². The molecule has 1 aromatic rings. The second-order valence-electron chi connectivity index (χ2n) is 3.96. The summed E-state index contributed by atoms with van der Waals surface area (Å²) in [6, 6.07) is 5.47. The van der Waals surface area contributed by atoms with Crippen molar-refractivity contribution in [2.24, 2.45) is 0 Å². The number of benzene rings is 1. The molecular formula is C13H17Cl2NO. The molecule has 0 fully saturated rings. The fourth-order valence-corrected chi connectivity index (χ4v) is 2.17. The van der Waals surface area contributed by atoms with Gasteiger partial charge in [0, 0.05) is 19.0 Å². The molecule has 0 unspecified atom stereocenters. The van der Waals surface area contributed by atoms with Crippen LogP contribution in [0.25, 0.3) is 0 Å². The molecule has 2 nitrogen and oxygen atoms in total. The van der Waals surface area contributed by atoms with Gasteiger partial charge in [-0.25, -0.2) is 0 Å². The van der Waals surface area contributed by atoms with Crippen LogP contribution in [0, 0.1) is 6.92 Å². The standard InChI is InChI=1S/C13H17Cl2NO/c1-3-7-16(8-6-14)13(17)11-5-4-10(2)9-12(11)15/h4-5,9H,3,6-8H2,1-2H3. The minimum atomic E-state index is -0.0440. The summed E-state index contributed by atoms with van der Waals surface area (Å²) in [6.07, 6.45) is 0.909. The van der Waals surface area contributed by atoms with Crippen LogP contribution in [0.2, 0.25) is 5.02 Å². The van der Waals surface area contributed by atoms with Crippen molar-refractivity contribution < 1.29 is 4.79 Å². The third kappa shape index (κ3) is 3.90. The first-order chi connectivity index (χ1) is 8.10. The molecule has 0 saturated heterocycles. The number of alkyl halides is 1. The molecule has 4 heteroatoms. The van der Waals surface area contributed by atoms with Crippen LogP contribution in [0.4, 0.5) is 0 Å². The summed E-state index contributed by atoms with van der Waals surface area (Å²) in [5.74, 6) is 0.396. The zero-order chi connectivity index (χ0) is 12.8. The van der Waals surface area contributed by atoms with Crippen molar-refractivity contribution in [2.75, 3.05) is 19.0 Å². The van der Waals surface area contributed by atoms with E-state index < -0.39 is 0 Å². The van der Waals surface area contributed by atoms with E-state index in [9.17, 15) is 4.79 Å². The monoisotopic (exact) mass is 273 g/mol. The Morgan fingerprint density at radius 3 is 2.59 bits per heavy atom. The Bertz CT molecular complexity index is 387. The van der Waals surface area contributed by atoms with Gasteiger partial charge in [0.1, 0.15) is 0 Å². The summed E-state index contributed by atoms with van der Waals surface area (Å²) in [7, 11) is 0. The Labute approximate surface area is 113 Å². The predicted octanol–water partition coefficient (Wildman–Crippen LogP) is 3.74. The summed E-state index contributed by atoms with van der Waals surface area (Å²) in [4.78, 5) is 14.0. The van der Waals surface area contributed by atoms with Crippen LogP contribution in [-0.4, -0.2) is 29.8 Å². The maximum absolute atomic E-state index is 12.2. The van der Waals surface area contributed by atoms with E-state index in [-0.39, 0.29) is 5.91 Å². The van der Waals surface area contributed by atoms with Gasteiger partial charge in [-0.15, -0.1) is 11.6 Å². The lowest BCUT2D eigenvalue weighted by Gasteiger charge is -2.21. The zero-order valence-electron chi connectivity index (χ0n) is 10.2. The topological polar surface area (TPSA) is 20.3 Å². The number of hydrogen-bond acceptors (Lipinski definition) is 1. The summed E-state index contributed by atoms with van der Waals surface area (Å²) >= 11 is 11.8. The molecule has 0 aliphatic heterocycles. The first kappa shape index (κ1) is 14.3. The van der Waals surface area contributed by atoms with E-state index in [1.807, 2.05) is 19.9 Å². The SMILES string of the molecule is CCCN(CCCl)C(=O)c1ccc(C)cc1Cl. The Kier molecular flexibility index (Phi) is 5.79. The molecule has 17 heavy (non-hydrogen) atoms.